The standard InChI is InChI=1S/C32H35N5O2/c1-22-18-23(2)31(32(39)36-16-17-37(30(38)21-36)29-10-6-7-13-34-29)24(3)27(22)19-25-11-14-35(15-12-25)28-9-5-4-8-26(28)20-33/h4-10,13,18,25H,11-12,14-17,19,21H2,1-3H3. The van der Waals surface area contributed by atoms with Crippen molar-refractivity contribution in [3.05, 3.63) is 88.1 Å². The summed E-state index contributed by atoms with van der Waals surface area (Å²) in [4.78, 5) is 36.6. The zero-order valence-electron chi connectivity index (χ0n) is 23.0. The minimum atomic E-state index is -0.110. The second-order valence-electron chi connectivity index (χ2n) is 10.7. The SMILES string of the molecule is Cc1cc(C)c(C(=O)N2CCN(c3ccccn3)C(=O)C2)c(C)c1CC1CCN(c2ccccc2C#N)CC1. The summed E-state index contributed by atoms with van der Waals surface area (Å²) in [7, 11) is 0. The van der Waals surface area contributed by atoms with E-state index in [1.807, 2.05) is 49.4 Å². The van der Waals surface area contributed by atoms with E-state index in [4.69, 9.17) is 0 Å². The van der Waals surface area contributed by atoms with Crippen LogP contribution in [0.1, 0.15) is 51.0 Å². The Morgan fingerprint density at radius 2 is 1.74 bits per heavy atom. The number of carbonyl (C=O) groups excluding carboxylic acids is 2. The van der Waals surface area contributed by atoms with Gasteiger partial charge in [0.2, 0.25) is 5.91 Å². The molecule has 0 saturated carbocycles. The first-order chi connectivity index (χ1) is 18.9. The highest BCUT2D eigenvalue weighted by Gasteiger charge is 2.31. The number of pyridine rings is 1. The molecule has 2 aromatic carbocycles. The molecule has 2 aliphatic heterocycles. The first-order valence-electron chi connectivity index (χ1n) is 13.7. The molecular formula is C32H35N5O2. The molecule has 7 heteroatoms. The number of piperidine rings is 1. The largest absolute Gasteiger partial charge is 0.370 e. The van der Waals surface area contributed by atoms with Gasteiger partial charge in [-0.3, -0.25) is 14.5 Å². The number of nitrogens with zero attached hydrogens (tertiary/aromatic N) is 5. The first-order valence-corrected chi connectivity index (χ1v) is 13.7. The number of aryl methyl sites for hydroxylation is 2. The van der Waals surface area contributed by atoms with E-state index >= 15 is 0 Å². The predicted molar refractivity (Wildman–Crippen MR) is 153 cm³/mol. The molecule has 0 N–H and O–H groups in total. The van der Waals surface area contributed by atoms with Crippen molar-refractivity contribution in [1.29, 1.82) is 5.26 Å². The summed E-state index contributed by atoms with van der Waals surface area (Å²) in [5.74, 6) is 0.965. The molecular weight excluding hydrogens is 486 g/mol. The fourth-order valence-corrected chi connectivity index (χ4v) is 6.14. The lowest BCUT2D eigenvalue weighted by Gasteiger charge is -2.35. The minimum absolute atomic E-state index is 0.0557. The Labute approximate surface area is 230 Å². The molecule has 200 valence electrons. The summed E-state index contributed by atoms with van der Waals surface area (Å²) in [5, 5.41) is 9.49. The number of piperazine rings is 1. The Morgan fingerprint density at radius 1 is 1.00 bits per heavy atom. The molecule has 3 heterocycles. The Balaban J connectivity index is 1.29. The third-order valence-electron chi connectivity index (χ3n) is 8.25. The van der Waals surface area contributed by atoms with Gasteiger partial charge < -0.3 is 9.80 Å². The van der Waals surface area contributed by atoms with Gasteiger partial charge in [0.25, 0.3) is 5.91 Å². The molecule has 2 saturated heterocycles. The second kappa shape index (κ2) is 11.3. The molecule has 0 radical (unpaired) electrons. The predicted octanol–water partition coefficient (Wildman–Crippen LogP) is 4.83. The molecule has 0 unspecified atom stereocenters. The third kappa shape index (κ3) is 5.37. The van der Waals surface area contributed by atoms with Gasteiger partial charge >= 0.3 is 0 Å². The topological polar surface area (TPSA) is 80.5 Å². The third-order valence-corrected chi connectivity index (χ3v) is 8.25. The Hall–Kier alpha value is -4.18. The number of rotatable bonds is 5. The van der Waals surface area contributed by atoms with E-state index in [9.17, 15) is 14.9 Å². The molecule has 3 aromatic rings. The molecule has 2 fully saturated rings. The minimum Gasteiger partial charge on any atom is -0.370 e. The van der Waals surface area contributed by atoms with Gasteiger partial charge in [-0.2, -0.15) is 5.26 Å². The van der Waals surface area contributed by atoms with E-state index in [1.54, 1.807) is 16.0 Å². The maximum Gasteiger partial charge on any atom is 0.254 e. The van der Waals surface area contributed by atoms with Crippen molar-refractivity contribution in [2.45, 2.75) is 40.0 Å². The Bertz CT molecular complexity index is 1420. The van der Waals surface area contributed by atoms with Crippen molar-refractivity contribution in [1.82, 2.24) is 9.88 Å². The fraction of sp³-hybridized carbons (Fsp3) is 0.375. The van der Waals surface area contributed by atoms with Crippen LogP contribution in [0.15, 0.2) is 54.7 Å². The number of carbonyl (C=O) groups is 2. The molecule has 1 aromatic heterocycles. The Morgan fingerprint density at radius 3 is 2.44 bits per heavy atom. The lowest BCUT2D eigenvalue weighted by molar-refractivity contribution is -0.120. The summed E-state index contributed by atoms with van der Waals surface area (Å²) < 4.78 is 0. The molecule has 0 bridgehead atoms. The summed E-state index contributed by atoms with van der Waals surface area (Å²) in [5.41, 5.74) is 6.94. The van der Waals surface area contributed by atoms with Gasteiger partial charge in [-0.1, -0.05) is 24.3 Å². The van der Waals surface area contributed by atoms with Crippen molar-refractivity contribution in [3.63, 3.8) is 0 Å². The van der Waals surface area contributed by atoms with Gasteiger partial charge in [0, 0.05) is 37.9 Å². The quantitative estimate of drug-likeness (QED) is 0.481. The van der Waals surface area contributed by atoms with Crippen LogP contribution in [0.2, 0.25) is 0 Å². The van der Waals surface area contributed by atoms with Gasteiger partial charge in [-0.25, -0.2) is 4.98 Å². The molecule has 7 nitrogen and oxygen atoms in total. The summed E-state index contributed by atoms with van der Waals surface area (Å²) in [6.45, 7) is 9.00. The van der Waals surface area contributed by atoms with E-state index in [2.05, 4.69) is 35.9 Å². The van der Waals surface area contributed by atoms with Crippen LogP contribution < -0.4 is 9.80 Å². The van der Waals surface area contributed by atoms with Gasteiger partial charge in [-0.15, -0.1) is 0 Å². The van der Waals surface area contributed by atoms with Crippen molar-refractivity contribution in [3.8, 4) is 6.07 Å². The summed E-state index contributed by atoms with van der Waals surface area (Å²) in [6.07, 6.45) is 4.69. The van der Waals surface area contributed by atoms with Crippen molar-refractivity contribution >= 4 is 23.3 Å². The Kier molecular flexibility index (Phi) is 7.65. The lowest BCUT2D eigenvalue weighted by Crippen LogP contribution is -2.52. The number of hydrogen-bond acceptors (Lipinski definition) is 5. The van der Waals surface area contributed by atoms with Crippen LogP contribution in [0.25, 0.3) is 0 Å². The highest BCUT2D eigenvalue weighted by Crippen LogP contribution is 2.32. The van der Waals surface area contributed by atoms with E-state index in [0.717, 1.165) is 60.3 Å². The van der Waals surface area contributed by atoms with E-state index in [-0.39, 0.29) is 18.4 Å². The normalized spacial score (nSPS) is 16.4. The fourth-order valence-electron chi connectivity index (χ4n) is 6.14. The molecule has 0 atom stereocenters. The summed E-state index contributed by atoms with van der Waals surface area (Å²) in [6, 6.07) is 17.8. The number of amides is 2. The van der Waals surface area contributed by atoms with Crippen LogP contribution in [0.3, 0.4) is 0 Å². The van der Waals surface area contributed by atoms with E-state index in [1.165, 1.54) is 11.1 Å². The van der Waals surface area contributed by atoms with Gasteiger partial charge in [0.05, 0.1) is 11.3 Å². The summed E-state index contributed by atoms with van der Waals surface area (Å²) >= 11 is 0. The molecule has 5 rings (SSSR count). The highest BCUT2D eigenvalue weighted by atomic mass is 16.2. The van der Waals surface area contributed by atoms with Crippen LogP contribution in [0, 0.1) is 38.0 Å². The number of anilines is 2. The smallest absolute Gasteiger partial charge is 0.254 e. The average Bonchev–Trinajstić information content (AvgIpc) is 2.96. The molecule has 2 aliphatic rings. The number of nitriles is 1. The number of para-hydroxylation sites is 1. The first kappa shape index (κ1) is 26.4. The van der Waals surface area contributed by atoms with E-state index in [0.29, 0.717) is 24.8 Å². The van der Waals surface area contributed by atoms with Crippen LogP contribution in [0.5, 0.6) is 0 Å². The van der Waals surface area contributed by atoms with Crippen molar-refractivity contribution < 1.29 is 9.59 Å². The average molecular weight is 522 g/mol. The molecule has 2 amide bonds. The number of hydrogen-bond donors (Lipinski definition) is 0. The number of benzene rings is 2. The van der Waals surface area contributed by atoms with Crippen LogP contribution in [-0.2, 0) is 11.2 Å². The van der Waals surface area contributed by atoms with Gasteiger partial charge in [-0.05, 0) is 92.5 Å². The van der Waals surface area contributed by atoms with Crippen LogP contribution in [0.4, 0.5) is 11.5 Å². The monoisotopic (exact) mass is 521 g/mol. The van der Waals surface area contributed by atoms with Gasteiger partial charge in [0.1, 0.15) is 18.4 Å². The van der Waals surface area contributed by atoms with Gasteiger partial charge in [0.15, 0.2) is 0 Å². The maximum atomic E-state index is 13.8. The van der Waals surface area contributed by atoms with Crippen LogP contribution >= 0.6 is 0 Å². The maximum absolute atomic E-state index is 13.8. The zero-order valence-corrected chi connectivity index (χ0v) is 23.0. The second-order valence-corrected chi connectivity index (χ2v) is 10.7. The zero-order chi connectivity index (χ0) is 27.5. The molecule has 0 aliphatic carbocycles. The van der Waals surface area contributed by atoms with Crippen LogP contribution in [-0.4, -0.2) is 54.4 Å². The van der Waals surface area contributed by atoms with E-state index < -0.39 is 0 Å². The number of aromatic nitrogens is 1. The van der Waals surface area contributed by atoms with Crippen molar-refractivity contribution in [2.75, 3.05) is 42.5 Å². The highest BCUT2D eigenvalue weighted by molar-refractivity contribution is 6.02. The van der Waals surface area contributed by atoms with Crippen molar-refractivity contribution in [2.24, 2.45) is 5.92 Å². The molecule has 39 heavy (non-hydrogen) atoms. The lowest BCUT2D eigenvalue weighted by atomic mass is 9.83. The molecule has 0 spiro atoms.